The van der Waals surface area contributed by atoms with E-state index in [2.05, 4.69) is 10.6 Å². The zero-order valence-electron chi connectivity index (χ0n) is 18.0. The van der Waals surface area contributed by atoms with Crippen LogP contribution in [0.25, 0.3) is 0 Å². The molecule has 0 bridgehead atoms. The van der Waals surface area contributed by atoms with Crippen molar-refractivity contribution in [1.82, 2.24) is 15.5 Å². The van der Waals surface area contributed by atoms with Crippen molar-refractivity contribution in [3.8, 4) is 0 Å². The Morgan fingerprint density at radius 3 is 2.33 bits per heavy atom. The normalized spacial score (nSPS) is 20.4. The maximum atomic E-state index is 13.1. The van der Waals surface area contributed by atoms with Gasteiger partial charge in [-0.1, -0.05) is 13.8 Å². The summed E-state index contributed by atoms with van der Waals surface area (Å²) in [4.78, 5) is 50.9. The molecular weight excluding hydrogens is 412 g/mol. The van der Waals surface area contributed by atoms with Crippen LogP contribution in [0.15, 0.2) is 0 Å². The molecule has 1 saturated heterocycles. The first-order valence-corrected chi connectivity index (χ1v) is 11.5. The van der Waals surface area contributed by atoms with Gasteiger partial charge in [-0.15, -0.1) is 0 Å². The van der Waals surface area contributed by atoms with Gasteiger partial charge in [0.25, 0.3) is 0 Å². The molecule has 0 aromatic rings. The molecule has 1 fully saturated rings. The molecule has 3 amide bonds. The van der Waals surface area contributed by atoms with E-state index in [4.69, 9.17) is 5.73 Å². The highest BCUT2D eigenvalue weighted by Crippen LogP contribution is 2.21. The van der Waals surface area contributed by atoms with E-state index < -0.39 is 54.0 Å². The second kappa shape index (κ2) is 12.1. The van der Waals surface area contributed by atoms with Crippen LogP contribution in [0, 0.1) is 5.92 Å². The molecule has 30 heavy (non-hydrogen) atoms. The van der Waals surface area contributed by atoms with Crippen LogP contribution in [-0.2, 0) is 19.2 Å². The molecule has 0 aromatic carbocycles. The summed E-state index contributed by atoms with van der Waals surface area (Å²) < 4.78 is 0. The van der Waals surface area contributed by atoms with Crippen molar-refractivity contribution in [2.24, 2.45) is 11.7 Å². The molecule has 0 spiro atoms. The molecule has 0 aliphatic carbocycles. The Balaban J connectivity index is 2.90. The van der Waals surface area contributed by atoms with Crippen molar-refractivity contribution in [3.05, 3.63) is 0 Å². The van der Waals surface area contributed by atoms with Gasteiger partial charge in [0, 0.05) is 6.54 Å². The van der Waals surface area contributed by atoms with Gasteiger partial charge in [-0.2, -0.15) is 11.8 Å². The standard InChI is InChI=1S/C19H34N4O6S/c1-10(2)15(22-17(26)14(20)11(3)24)18(27)23-8-5-6-13(23)16(25)21-12(19(28)29)7-9-30-4/h10-15,24H,5-9,20H2,1-4H3,(H,21,25)(H,22,26)(H,28,29). The summed E-state index contributed by atoms with van der Waals surface area (Å²) in [5, 5.41) is 24.0. The minimum Gasteiger partial charge on any atom is -0.480 e. The number of aliphatic carboxylic acids is 1. The molecule has 5 atom stereocenters. The second-order valence-corrected chi connectivity index (χ2v) is 8.85. The van der Waals surface area contributed by atoms with Crippen LogP contribution in [0.2, 0.25) is 0 Å². The number of nitrogens with one attached hydrogen (secondary N) is 2. The number of likely N-dealkylation sites (tertiary alicyclic amines) is 1. The van der Waals surface area contributed by atoms with Gasteiger partial charge in [0.05, 0.1) is 6.10 Å². The number of carbonyl (C=O) groups is 4. The first kappa shape index (κ1) is 26.2. The molecule has 11 heteroatoms. The van der Waals surface area contributed by atoms with E-state index in [9.17, 15) is 29.4 Å². The van der Waals surface area contributed by atoms with E-state index in [-0.39, 0.29) is 12.3 Å². The Morgan fingerprint density at radius 1 is 1.20 bits per heavy atom. The number of carbonyl (C=O) groups excluding carboxylic acids is 3. The Labute approximate surface area is 181 Å². The van der Waals surface area contributed by atoms with Gasteiger partial charge < -0.3 is 31.5 Å². The van der Waals surface area contributed by atoms with Gasteiger partial charge in [0.2, 0.25) is 17.7 Å². The van der Waals surface area contributed by atoms with Gasteiger partial charge in [0.1, 0.15) is 24.2 Å². The van der Waals surface area contributed by atoms with Crippen molar-refractivity contribution in [2.75, 3.05) is 18.6 Å². The minimum atomic E-state index is -1.18. The summed E-state index contributed by atoms with van der Waals surface area (Å²) in [5.41, 5.74) is 5.65. The van der Waals surface area contributed by atoms with Crippen molar-refractivity contribution in [3.63, 3.8) is 0 Å². The number of carboxylic acids is 1. The molecule has 0 aromatic heterocycles. The van der Waals surface area contributed by atoms with Crippen LogP contribution >= 0.6 is 11.8 Å². The molecule has 1 aliphatic heterocycles. The van der Waals surface area contributed by atoms with E-state index in [1.165, 1.54) is 23.6 Å². The SMILES string of the molecule is CSCCC(NC(=O)C1CCCN1C(=O)C(NC(=O)C(N)C(C)O)C(C)C)C(=O)O. The summed E-state index contributed by atoms with van der Waals surface area (Å²) >= 11 is 1.48. The molecule has 0 saturated carbocycles. The fourth-order valence-corrected chi connectivity index (χ4v) is 3.70. The first-order valence-electron chi connectivity index (χ1n) is 10.1. The molecular formula is C19H34N4O6S. The fraction of sp³-hybridized carbons (Fsp3) is 0.789. The van der Waals surface area contributed by atoms with Crippen LogP contribution < -0.4 is 16.4 Å². The highest BCUT2D eigenvalue weighted by molar-refractivity contribution is 7.98. The molecule has 10 nitrogen and oxygen atoms in total. The summed E-state index contributed by atoms with van der Waals surface area (Å²) in [6.07, 6.45) is 2.07. The van der Waals surface area contributed by atoms with Gasteiger partial charge in [-0.05, 0) is 44.1 Å². The van der Waals surface area contributed by atoms with E-state index in [1.807, 2.05) is 6.26 Å². The Hall–Kier alpha value is -1.85. The largest absolute Gasteiger partial charge is 0.480 e. The summed E-state index contributed by atoms with van der Waals surface area (Å²) in [6, 6.07) is -3.91. The van der Waals surface area contributed by atoms with Crippen LogP contribution in [0.1, 0.15) is 40.0 Å². The smallest absolute Gasteiger partial charge is 0.326 e. The minimum absolute atomic E-state index is 0.277. The predicted octanol–water partition coefficient (Wildman–Crippen LogP) is -0.851. The monoisotopic (exact) mass is 446 g/mol. The number of aliphatic hydroxyl groups is 1. The van der Waals surface area contributed by atoms with Crippen LogP contribution in [0.5, 0.6) is 0 Å². The van der Waals surface area contributed by atoms with Crippen molar-refractivity contribution < 1.29 is 29.4 Å². The maximum absolute atomic E-state index is 13.1. The zero-order valence-corrected chi connectivity index (χ0v) is 18.8. The van der Waals surface area contributed by atoms with Crippen molar-refractivity contribution >= 4 is 35.5 Å². The van der Waals surface area contributed by atoms with Crippen LogP contribution in [-0.4, -0.2) is 87.6 Å². The number of rotatable bonds is 11. The lowest BCUT2D eigenvalue weighted by atomic mass is 10.0. The highest BCUT2D eigenvalue weighted by atomic mass is 32.2. The van der Waals surface area contributed by atoms with Crippen molar-refractivity contribution in [2.45, 2.75) is 70.3 Å². The molecule has 1 aliphatic rings. The third-order valence-electron chi connectivity index (χ3n) is 5.12. The number of aliphatic hydroxyl groups excluding tert-OH is 1. The predicted molar refractivity (Wildman–Crippen MR) is 114 cm³/mol. The summed E-state index contributed by atoms with van der Waals surface area (Å²) in [5.74, 6) is -2.41. The molecule has 5 unspecified atom stereocenters. The van der Waals surface area contributed by atoms with E-state index in [1.54, 1.807) is 13.8 Å². The molecule has 1 rings (SSSR count). The number of hydrogen-bond acceptors (Lipinski definition) is 7. The fourth-order valence-electron chi connectivity index (χ4n) is 3.22. The number of thioether (sulfide) groups is 1. The zero-order chi connectivity index (χ0) is 23.0. The van der Waals surface area contributed by atoms with E-state index >= 15 is 0 Å². The van der Waals surface area contributed by atoms with Gasteiger partial charge in [-0.3, -0.25) is 14.4 Å². The maximum Gasteiger partial charge on any atom is 0.326 e. The highest BCUT2D eigenvalue weighted by Gasteiger charge is 2.40. The van der Waals surface area contributed by atoms with E-state index in [0.717, 1.165) is 0 Å². The third kappa shape index (κ3) is 7.13. The second-order valence-electron chi connectivity index (χ2n) is 7.87. The Morgan fingerprint density at radius 2 is 1.83 bits per heavy atom. The summed E-state index contributed by atoms with van der Waals surface area (Å²) in [6.45, 7) is 5.23. The Bertz CT molecular complexity index is 630. The number of nitrogens with two attached hydrogens (primary N) is 1. The van der Waals surface area contributed by atoms with Gasteiger partial charge in [-0.25, -0.2) is 4.79 Å². The van der Waals surface area contributed by atoms with Gasteiger partial charge >= 0.3 is 5.97 Å². The molecule has 6 N–H and O–H groups in total. The lowest BCUT2D eigenvalue weighted by Crippen LogP contribution is -2.59. The van der Waals surface area contributed by atoms with Crippen LogP contribution in [0.4, 0.5) is 0 Å². The Kier molecular flexibility index (Phi) is 10.6. The number of carboxylic acid groups (broad SMARTS) is 1. The van der Waals surface area contributed by atoms with Gasteiger partial charge in [0.15, 0.2) is 0 Å². The third-order valence-corrected chi connectivity index (χ3v) is 5.76. The first-order chi connectivity index (χ1) is 14.0. The van der Waals surface area contributed by atoms with E-state index in [0.29, 0.717) is 25.1 Å². The lowest BCUT2D eigenvalue weighted by molar-refractivity contribution is -0.145. The number of hydrogen-bond donors (Lipinski definition) is 5. The van der Waals surface area contributed by atoms with Crippen molar-refractivity contribution in [1.29, 1.82) is 0 Å². The van der Waals surface area contributed by atoms with Crippen LogP contribution in [0.3, 0.4) is 0 Å². The quantitative estimate of drug-likeness (QED) is 0.274. The lowest BCUT2D eigenvalue weighted by Gasteiger charge is -2.31. The molecule has 172 valence electrons. The topological polar surface area (TPSA) is 162 Å². The number of amides is 3. The molecule has 0 radical (unpaired) electrons. The average molecular weight is 447 g/mol. The molecule has 1 heterocycles. The average Bonchev–Trinajstić information content (AvgIpc) is 3.17. The number of nitrogens with zero attached hydrogens (tertiary/aromatic N) is 1. The summed E-state index contributed by atoms with van der Waals surface area (Å²) in [7, 11) is 0.